The van der Waals surface area contributed by atoms with Gasteiger partial charge in [0.25, 0.3) is 52.6 Å². The van der Waals surface area contributed by atoms with E-state index in [-0.39, 0.29) is 155 Å². The summed E-state index contributed by atoms with van der Waals surface area (Å²) in [5, 5.41) is 0. The number of rotatable bonds is 28. The lowest BCUT2D eigenvalue weighted by atomic mass is 10.2. The molecule has 0 aliphatic carbocycles. The van der Waals surface area contributed by atoms with E-state index in [1.54, 1.807) is 42.1 Å². The quantitative estimate of drug-likeness (QED) is 0.0824. The molecule has 86 heavy (non-hydrogen) atoms. The molecule has 0 saturated carbocycles. The van der Waals surface area contributed by atoms with Gasteiger partial charge in [-0.25, -0.2) is 32.7 Å². The molecule has 36 heteroatoms. The summed E-state index contributed by atoms with van der Waals surface area (Å²) in [4.78, 5) is 2.14. The van der Waals surface area contributed by atoms with E-state index >= 15 is 0 Å². The van der Waals surface area contributed by atoms with Crippen molar-refractivity contribution >= 4 is 52.6 Å². The standard InChI is InChI=1S/C50H103N8O21P7/c1-39-20-52(8)25-46(75-39)34-70-81(10,60)54-17-19-67-45(27-54)33-69-83(12,62)55-21-40(2)77-48(29-55)36-72-85(14,64)57-23-42(4)79-50(31-57)38-74-86(15,65)58-24-43(5)78-49(30-58)37-73-84(13,63)56-22-41(3)76-47(28-56)35-71-82(11,61)53-16-18-66-44(26-53)32-68-80(9,59)51(6)7/h39-50H,16-38H2,1-15H3/t39-,40-,41-,42-,43-,44-,45-,46-,47-,48-,49-,50-,80+,81?,82?,83?,84?,85?,86?/m0/s1/i18T,19T/t18-,19+,39+,40+,41+,42+,43+,44+,45+,46+,47+,48+,49+,50+,80-,81?,82?,83?,84?,85?,86?/m1. The molecule has 0 spiro atoms. The van der Waals surface area contributed by atoms with E-state index in [0.29, 0.717) is 13.1 Å². The van der Waals surface area contributed by atoms with Gasteiger partial charge in [0.2, 0.25) is 0 Å². The second-order valence-electron chi connectivity index (χ2n) is 24.7. The molecule has 0 radical (unpaired) electrons. The summed E-state index contributed by atoms with van der Waals surface area (Å²) in [6.45, 7) is 21.1. The average Bonchev–Trinajstić information content (AvgIpc) is 3.61. The fourth-order valence-electron chi connectivity index (χ4n) is 11.2. The SMILES string of the molecule is [3H][C@@H]1CN(P(C)(=O)OC[C@@H]2CN(P(C)(=O)OC[C@@H]3CN(P(C)(=O)OC[C@@H]4CN(P(C)(=O)OC[C@@H]5CN(P(C)(=O)OC[C@@H]6CN(P(C)(=O)OC[C@@H]7CN(C)C[C@H](C)O7)C[C@H]([3H])O6)C[C@H](C)O5)C[C@H](C)O4)C[C@H](C)O3)C[C@H](C)O2)C[C@@H](CO[P@@](C)(=O)N(C)C)O1. The van der Waals surface area contributed by atoms with E-state index in [4.69, 9.17) is 67.6 Å². The van der Waals surface area contributed by atoms with Gasteiger partial charge >= 0.3 is 0 Å². The first-order chi connectivity index (χ1) is 40.8. The van der Waals surface area contributed by atoms with Gasteiger partial charge in [-0.2, -0.15) is 0 Å². The number of likely N-dealkylation sites (N-methyl/N-ethyl adjacent to an activating group) is 1. The molecule has 6 unspecified atom stereocenters. The molecule has 7 heterocycles. The number of ether oxygens (including phenoxy) is 7. The largest absolute Gasteiger partial charge is 0.373 e. The van der Waals surface area contributed by atoms with Crippen molar-refractivity contribution < 1.29 is 99.5 Å². The molecule has 0 aromatic carbocycles. The maximum absolute atomic E-state index is 14.4. The summed E-state index contributed by atoms with van der Waals surface area (Å²) in [6, 6.07) is 0. The van der Waals surface area contributed by atoms with Gasteiger partial charge in [-0.1, -0.05) is 0 Å². The molecule has 7 saturated heterocycles. The van der Waals surface area contributed by atoms with E-state index in [1.807, 2.05) is 41.7 Å². The van der Waals surface area contributed by atoms with Crippen molar-refractivity contribution in [1.82, 2.24) is 37.6 Å². The molecule has 504 valence electrons. The highest BCUT2D eigenvalue weighted by atomic mass is 31.2. The molecule has 0 N–H and O–H groups in total. The Kier molecular flexibility index (Phi) is 26.0. The Labute approximate surface area is 514 Å². The molecule has 7 aliphatic rings. The Morgan fingerprint density at radius 1 is 0.360 bits per heavy atom. The van der Waals surface area contributed by atoms with Crippen molar-refractivity contribution in [2.24, 2.45) is 0 Å². The van der Waals surface area contributed by atoms with Gasteiger partial charge in [0, 0.05) is 138 Å². The lowest BCUT2D eigenvalue weighted by molar-refractivity contribution is -0.0890. The van der Waals surface area contributed by atoms with Crippen LogP contribution in [0.25, 0.3) is 0 Å². The Balaban J connectivity index is 0.844. The molecular formula is C50H103N8O21P7. The smallest absolute Gasteiger partial charge is 0.269 e. The minimum absolute atomic E-state index is 0.0185. The second kappa shape index (κ2) is 31.5. The monoisotopic (exact) mass is 1370 g/mol. The van der Waals surface area contributed by atoms with Gasteiger partial charge in [-0.15, -0.1) is 0 Å². The number of hydrogen-bond donors (Lipinski definition) is 0. The predicted octanol–water partition coefficient (Wildman–Crippen LogP) is 5.90. The van der Waals surface area contributed by atoms with Crippen LogP contribution in [0.1, 0.15) is 37.4 Å². The molecular weight excluding hydrogens is 1270 g/mol. The first-order valence-corrected chi connectivity index (χ1v) is 43.8. The summed E-state index contributed by atoms with van der Waals surface area (Å²) in [5.41, 5.74) is 0. The van der Waals surface area contributed by atoms with Crippen molar-refractivity contribution in [3.8, 4) is 0 Å². The summed E-state index contributed by atoms with van der Waals surface area (Å²) in [6.07, 6.45) is -5.60. The van der Waals surface area contributed by atoms with Crippen LogP contribution in [0.4, 0.5) is 0 Å². The molecule has 0 aromatic rings. The van der Waals surface area contributed by atoms with Crippen LogP contribution < -0.4 is 0 Å². The zero-order valence-corrected chi connectivity index (χ0v) is 59.5. The Bertz CT molecular complexity index is 2630. The second-order valence-corrected chi connectivity index (χ2v) is 41.9. The highest BCUT2D eigenvalue weighted by molar-refractivity contribution is 7.57. The van der Waals surface area contributed by atoms with Gasteiger partial charge in [0.15, 0.2) is 0 Å². The predicted molar refractivity (Wildman–Crippen MR) is 328 cm³/mol. The highest BCUT2D eigenvalue weighted by Gasteiger charge is 2.44. The van der Waals surface area contributed by atoms with Crippen molar-refractivity contribution in [1.29, 1.82) is 0 Å². The molecule has 0 aromatic heterocycles. The van der Waals surface area contributed by atoms with Gasteiger partial charge < -0.3 is 69.7 Å². The molecule has 7 aliphatic heterocycles. The number of morpholine rings is 7. The Morgan fingerprint density at radius 2 is 0.593 bits per heavy atom. The topological polar surface area (TPSA) is 275 Å². The zero-order chi connectivity index (χ0) is 65.0. The third-order valence-corrected chi connectivity index (χ3v) is 30.0. The molecule has 29 nitrogen and oxygen atoms in total. The van der Waals surface area contributed by atoms with Crippen molar-refractivity contribution in [3.05, 3.63) is 0 Å². The van der Waals surface area contributed by atoms with Gasteiger partial charge in [-0.3, -0.25) is 32.0 Å². The fourth-order valence-corrected chi connectivity index (χ4v) is 21.2. The summed E-state index contributed by atoms with van der Waals surface area (Å²) < 4.78 is 211. The molecule has 7 fully saturated rings. The maximum atomic E-state index is 14.4. The average molecular weight is 1370 g/mol. The van der Waals surface area contributed by atoms with Crippen LogP contribution in [-0.4, -0.2) is 330 Å². The van der Waals surface area contributed by atoms with Crippen LogP contribution in [0.3, 0.4) is 0 Å². The minimum atomic E-state index is -3.51. The molecule has 21 atom stereocenters. The minimum Gasteiger partial charge on any atom is -0.373 e. The third-order valence-electron chi connectivity index (χ3n) is 16.0. The maximum Gasteiger partial charge on any atom is 0.269 e. The van der Waals surface area contributed by atoms with Crippen LogP contribution in [0.5, 0.6) is 0 Å². The van der Waals surface area contributed by atoms with E-state index in [9.17, 15) is 32.0 Å². The normalized spacial score (nSPS) is 38.7. The van der Waals surface area contributed by atoms with Crippen molar-refractivity contribution in [3.63, 3.8) is 0 Å². The van der Waals surface area contributed by atoms with E-state index < -0.39 is 102 Å². The first kappa shape index (κ1) is 71.0. The van der Waals surface area contributed by atoms with Crippen LogP contribution in [0.2, 0.25) is 0 Å². The summed E-state index contributed by atoms with van der Waals surface area (Å²) >= 11 is 0. The number of hydrogen-bond acceptors (Lipinski definition) is 22. The van der Waals surface area contributed by atoms with Gasteiger partial charge in [0.05, 0.1) is 135 Å². The zero-order valence-electron chi connectivity index (χ0n) is 55.2. The van der Waals surface area contributed by atoms with Gasteiger partial charge in [-0.05, 0) is 55.8 Å². The summed E-state index contributed by atoms with van der Waals surface area (Å²) in [5.74, 6) is 0. The Hall–Kier alpha value is 0.730. The van der Waals surface area contributed by atoms with Crippen LogP contribution >= 0.6 is 52.6 Å². The van der Waals surface area contributed by atoms with E-state index in [0.717, 1.165) is 6.54 Å². The first-order valence-electron chi connectivity index (χ1n) is 30.8. The van der Waals surface area contributed by atoms with Crippen LogP contribution in [0.15, 0.2) is 0 Å². The molecule has 0 amide bonds. The van der Waals surface area contributed by atoms with Crippen LogP contribution in [0, 0.1) is 0 Å². The van der Waals surface area contributed by atoms with Gasteiger partial charge in [0.1, 0.15) is 0 Å². The number of nitrogens with zero attached hydrogens (tertiary/aromatic N) is 8. The lowest BCUT2D eigenvalue weighted by Gasteiger charge is -2.42. The van der Waals surface area contributed by atoms with E-state index in [2.05, 4.69) is 4.90 Å². The van der Waals surface area contributed by atoms with Crippen LogP contribution in [-0.2, 0) is 96.8 Å². The Morgan fingerprint density at radius 3 is 0.872 bits per heavy atom. The van der Waals surface area contributed by atoms with Crippen molar-refractivity contribution in [2.45, 2.75) is 108 Å². The lowest BCUT2D eigenvalue weighted by Crippen LogP contribution is -2.49. The summed E-state index contributed by atoms with van der Waals surface area (Å²) in [7, 11) is -18.6. The highest BCUT2D eigenvalue weighted by Crippen LogP contribution is 2.55. The third kappa shape index (κ3) is 21.9. The van der Waals surface area contributed by atoms with Crippen molar-refractivity contribution in [2.75, 3.05) is 219 Å². The molecule has 0 bridgehead atoms. The van der Waals surface area contributed by atoms with E-state index in [1.165, 1.54) is 51.3 Å². The molecule has 7 rings (SSSR count). The fraction of sp³-hybridized carbons (Fsp3) is 1.00.